The molecular weight excluding hydrogens is 382 g/mol. The monoisotopic (exact) mass is 399 g/mol. The van der Waals surface area contributed by atoms with Crippen LogP contribution in [0.2, 0.25) is 5.02 Å². The van der Waals surface area contributed by atoms with Gasteiger partial charge in [0.1, 0.15) is 5.75 Å². The molecule has 5 nitrogen and oxygen atoms in total. The van der Waals surface area contributed by atoms with Gasteiger partial charge in [-0.25, -0.2) is 4.99 Å². The number of hydrogen-bond donors (Lipinski definition) is 0. The lowest BCUT2D eigenvalue weighted by Gasteiger charge is -2.13. The largest absolute Gasteiger partial charge is 0.497 e. The van der Waals surface area contributed by atoms with Gasteiger partial charge in [0, 0.05) is 18.9 Å². The van der Waals surface area contributed by atoms with Crippen LogP contribution in [0, 0.1) is 0 Å². The van der Waals surface area contributed by atoms with Gasteiger partial charge in [-0.1, -0.05) is 29.8 Å². The number of methoxy groups -OCH3 is 1. The molecule has 0 bridgehead atoms. The van der Waals surface area contributed by atoms with Gasteiger partial charge in [0.2, 0.25) is 0 Å². The minimum absolute atomic E-state index is 0.107. The maximum atomic E-state index is 13.0. The Bertz CT molecular complexity index is 956. The second-order valence-corrected chi connectivity index (χ2v) is 7.10. The third-order valence-corrected chi connectivity index (χ3v) is 5.46. The van der Waals surface area contributed by atoms with Gasteiger partial charge in [-0.15, -0.1) is 6.58 Å². The van der Waals surface area contributed by atoms with Crippen LogP contribution < -0.4 is 4.74 Å². The van der Waals surface area contributed by atoms with Crippen molar-refractivity contribution in [3.05, 3.63) is 70.9 Å². The fourth-order valence-corrected chi connectivity index (χ4v) is 3.78. The van der Waals surface area contributed by atoms with Crippen molar-refractivity contribution < 1.29 is 9.53 Å². The highest BCUT2D eigenvalue weighted by Crippen LogP contribution is 2.38. The molecule has 1 aliphatic rings. The minimum atomic E-state index is -0.107. The van der Waals surface area contributed by atoms with E-state index in [1.807, 2.05) is 31.2 Å². The molecule has 1 aliphatic heterocycles. The molecule has 7 heteroatoms. The quantitative estimate of drug-likeness (QED) is 0.528. The Hall–Kier alpha value is -2.57. The number of halogens is 1. The zero-order chi connectivity index (χ0) is 19.4. The first-order valence-electron chi connectivity index (χ1n) is 8.19. The number of aliphatic imine (C=N–C) groups is 1. The number of benzene rings is 1. The number of hydrogen-bond acceptors (Lipinski definition) is 5. The first-order chi connectivity index (χ1) is 13.0. The van der Waals surface area contributed by atoms with Gasteiger partial charge in [-0.2, -0.15) is 0 Å². The van der Waals surface area contributed by atoms with E-state index in [4.69, 9.17) is 16.3 Å². The van der Waals surface area contributed by atoms with E-state index in [0.29, 0.717) is 27.3 Å². The third kappa shape index (κ3) is 4.07. The molecule has 0 aliphatic carbocycles. The maximum absolute atomic E-state index is 13.0. The fraction of sp³-hybridized carbons (Fsp3) is 0.150. The van der Waals surface area contributed by atoms with Crippen molar-refractivity contribution in [3.8, 4) is 5.75 Å². The predicted molar refractivity (Wildman–Crippen MR) is 111 cm³/mol. The Morgan fingerprint density at radius 1 is 1.44 bits per heavy atom. The Balaban J connectivity index is 2.04. The molecule has 0 spiro atoms. The lowest BCUT2D eigenvalue weighted by Crippen LogP contribution is -2.29. The smallest absolute Gasteiger partial charge is 0.267 e. The molecule has 2 heterocycles. The number of rotatable bonds is 5. The van der Waals surface area contributed by atoms with E-state index in [2.05, 4.69) is 16.6 Å². The maximum Gasteiger partial charge on any atom is 0.267 e. The van der Waals surface area contributed by atoms with Crippen molar-refractivity contribution in [1.82, 2.24) is 9.88 Å². The lowest BCUT2D eigenvalue weighted by molar-refractivity contribution is -0.121. The number of carbonyl (C=O) groups is 1. The summed E-state index contributed by atoms with van der Waals surface area (Å²) in [5, 5.41) is 0.990. The van der Waals surface area contributed by atoms with E-state index < -0.39 is 0 Å². The summed E-state index contributed by atoms with van der Waals surface area (Å²) >= 11 is 7.49. The topological polar surface area (TPSA) is 54.8 Å². The summed E-state index contributed by atoms with van der Waals surface area (Å²) in [5.41, 5.74) is 2.35. The lowest BCUT2D eigenvalue weighted by atomic mass is 10.1. The van der Waals surface area contributed by atoms with Crippen molar-refractivity contribution in [2.45, 2.75) is 6.92 Å². The summed E-state index contributed by atoms with van der Waals surface area (Å²) in [6.07, 6.45) is 4.81. The molecule has 1 fully saturated rings. The molecular formula is C20H18ClN3O2S. The average Bonchev–Trinajstić information content (AvgIpc) is 2.99. The van der Waals surface area contributed by atoms with Crippen molar-refractivity contribution in [2.24, 2.45) is 4.99 Å². The van der Waals surface area contributed by atoms with E-state index >= 15 is 0 Å². The van der Waals surface area contributed by atoms with Gasteiger partial charge < -0.3 is 4.74 Å². The zero-order valence-corrected chi connectivity index (χ0v) is 16.5. The summed E-state index contributed by atoms with van der Waals surface area (Å²) in [7, 11) is 1.62. The summed E-state index contributed by atoms with van der Waals surface area (Å²) in [6, 6.07) is 9.33. The summed E-state index contributed by atoms with van der Waals surface area (Å²) in [4.78, 5) is 23.7. The second kappa shape index (κ2) is 8.41. The van der Waals surface area contributed by atoms with Gasteiger partial charge in [0.05, 0.1) is 22.7 Å². The van der Waals surface area contributed by atoms with E-state index in [0.717, 1.165) is 16.9 Å². The van der Waals surface area contributed by atoms with E-state index in [1.54, 1.807) is 30.3 Å². The van der Waals surface area contributed by atoms with Crippen molar-refractivity contribution in [2.75, 3.05) is 13.7 Å². The van der Waals surface area contributed by atoms with Gasteiger partial charge >= 0.3 is 0 Å². The van der Waals surface area contributed by atoms with Crippen LogP contribution in [0.5, 0.6) is 5.75 Å². The molecule has 0 N–H and O–H groups in total. The molecule has 0 unspecified atom stereocenters. The standard InChI is InChI=1S/C20H18ClN3O2S/c1-4-10-24-19(25)18(13(2)14-6-5-7-15(11-14)26-3)27-20(24)23-17-8-9-22-12-16(17)21/h4-9,11-12H,1,10H2,2-3H3/b18-13-,23-20?. The Morgan fingerprint density at radius 3 is 2.96 bits per heavy atom. The molecule has 1 amide bonds. The van der Waals surface area contributed by atoms with E-state index in [1.165, 1.54) is 18.0 Å². The second-order valence-electron chi connectivity index (χ2n) is 5.71. The summed E-state index contributed by atoms with van der Waals surface area (Å²) < 4.78 is 5.29. The molecule has 0 radical (unpaired) electrons. The number of amides is 1. The van der Waals surface area contributed by atoms with Crippen LogP contribution in [0.1, 0.15) is 12.5 Å². The minimum Gasteiger partial charge on any atom is -0.497 e. The molecule has 0 saturated carbocycles. The highest BCUT2D eigenvalue weighted by molar-refractivity contribution is 8.18. The van der Waals surface area contributed by atoms with E-state index in [9.17, 15) is 4.79 Å². The number of amidine groups is 1. The number of ether oxygens (including phenoxy) is 1. The number of pyridine rings is 1. The molecule has 1 aromatic carbocycles. The van der Waals surface area contributed by atoms with Crippen molar-refractivity contribution in [1.29, 1.82) is 0 Å². The normalized spacial score (nSPS) is 17.4. The molecule has 1 aromatic heterocycles. The number of aromatic nitrogens is 1. The summed E-state index contributed by atoms with van der Waals surface area (Å²) in [6.45, 7) is 6.03. The van der Waals surface area contributed by atoms with Crippen LogP contribution in [0.4, 0.5) is 5.69 Å². The van der Waals surface area contributed by atoms with Crippen molar-refractivity contribution in [3.63, 3.8) is 0 Å². The van der Waals surface area contributed by atoms with Crippen LogP contribution in [-0.4, -0.2) is 34.6 Å². The number of thioether (sulfide) groups is 1. The Labute approximate surface area is 167 Å². The fourth-order valence-electron chi connectivity index (χ4n) is 2.56. The highest BCUT2D eigenvalue weighted by atomic mass is 35.5. The zero-order valence-electron chi connectivity index (χ0n) is 15.0. The molecule has 2 aromatic rings. The Kier molecular flexibility index (Phi) is 5.98. The van der Waals surface area contributed by atoms with Gasteiger partial charge in [0.25, 0.3) is 5.91 Å². The molecule has 0 atom stereocenters. The van der Waals surface area contributed by atoms with Crippen LogP contribution >= 0.6 is 23.4 Å². The molecule has 138 valence electrons. The van der Waals surface area contributed by atoms with Crippen LogP contribution in [0.3, 0.4) is 0 Å². The number of nitrogens with zero attached hydrogens (tertiary/aromatic N) is 3. The molecule has 3 rings (SSSR count). The van der Waals surface area contributed by atoms with E-state index in [-0.39, 0.29) is 5.91 Å². The van der Waals surface area contributed by atoms with Crippen LogP contribution in [-0.2, 0) is 4.79 Å². The first-order valence-corrected chi connectivity index (χ1v) is 9.38. The number of carbonyl (C=O) groups excluding carboxylic acids is 1. The average molecular weight is 400 g/mol. The van der Waals surface area contributed by atoms with Crippen molar-refractivity contribution >= 4 is 45.7 Å². The molecule has 1 saturated heterocycles. The predicted octanol–water partition coefficient (Wildman–Crippen LogP) is 4.92. The van der Waals surface area contributed by atoms with Crippen LogP contribution in [0.25, 0.3) is 5.57 Å². The van der Waals surface area contributed by atoms with Gasteiger partial charge in [-0.3, -0.25) is 14.7 Å². The van der Waals surface area contributed by atoms with Gasteiger partial charge in [-0.05, 0) is 48.0 Å². The van der Waals surface area contributed by atoms with Crippen LogP contribution in [0.15, 0.2) is 65.3 Å². The Morgan fingerprint density at radius 2 is 2.26 bits per heavy atom. The SMILES string of the molecule is C=CCN1C(=O)/C(=C(\C)c2cccc(OC)c2)SC1=Nc1ccncc1Cl. The molecule has 27 heavy (non-hydrogen) atoms. The highest BCUT2D eigenvalue weighted by Gasteiger charge is 2.34. The summed E-state index contributed by atoms with van der Waals surface area (Å²) in [5.74, 6) is 0.632. The first kappa shape index (κ1) is 19.2. The third-order valence-electron chi connectivity index (χ3n) is 3.99. The number of allylic oxidation sites excluding steroid dienone is 1. The van der Waals surface area contributed by atoms with Gasteiger partial charge in [0.15, 0.2) is 5.17 Å².